The topological polar surface area (TPSA) is 92.8 Å². The molecule has 3 aromatic carbocycles. The fourth-order valence-electron chi connectivity index (χ4n) is 3.99. The molecule has 0 unspecified atom stereocenters. The zero-order valence-electron chi connectivity index (χ0n) is 17.8. The number of nitrogens with zero attached hydrogens (tertiary/aromatic N) is 1. The summed E-state index contributed by atoms with van der Waals surface area (Å²) in [5.74, 6) is 0.649. The lowest BCUT2D eigenvalue weighted by Crippen LogP contribution is -2.46. The smallest absolute Gasteiger partial charge is 0.243 e. The van der Waals surface area contributed by atoms with E-state index in [4.69, 9.17) is 4.74 Å². The summed E-state index contributed by atoms with van der Waals surface area (Å²) >= 11 is 0. The number of rotatable bonds is 7. The molecule has 0 radical (unpaired) electrons. The molecule has 0 amide bonds. The molecule has 0 saturated carbocycles. The lowest BCUT2D eigenvalue weighted by atomic mass is 10.1. The maximum atomic E-state index is 13.4. The van der Waals surface area contributed by atoms with Crippen LogP contribution in [0.25, 0.3) is 10.8 Å². The van der Waals surface area contributed by atoms with Gasteiger partial charge in [-0.05, 0) is 44.0 Å². The Labute approximate surface area is 189 Å². The van der Waals surface area contributed by atoms with Gasteiger partial charge >= 0.3 is 0 Å². The lowest BCUT2D eigenvalue weighted by molar-refractivity contribution is 0.308. The number of piperidine rings is 1. The molecule has 1 heterocycles. The summed E-state index contributed by atoms with van der Waals surface area (Å²) in [5.41, 5.74) is 0. The highest BCUT2D eigenvalue weighted by Gasteiger charge is 2.32. The Kier molecular flexibility index (Phi) is 6.52. The summed E-state index contributed by atoms with van der Waals surface area (Å²) in [7, 11) is -7.38. The molecule has 170 valence electrons. The second-order valence-electron chi connectivity index (χ2n) is 7.65. The molecular formula is C23H26N2O5S2. The van der Waals surface area contributed by atoms with Crippen molar-refractivity contribution in [3.63, 3.8) is 0 Å². The van der Waals surface area contributed by atoms with E-state index in [1.165, 1.54) is 4.31 Å². The summed E-state index contributed by atoms with van der Waals surface area (Å²) < 4.78 is 61.8. The summed E-state index contributed by atoms with van der Waals surface area (Å²) in [5, 5.41) is 1.37. The van der Waals surface area contributed by atoms with Crippen LogP contribution in [0, 0.1) is 0 Å². The predicted molar refractivity (Wildman–Crippen MR) is 124 cm³/mol. The summed E-state index contributed by atoms with van der Waals surface area (Å²) in [6.45, 7) is 2.86. The fourth-order valence-corrected chi connectivity index (χ4v) is 6.98. The van der Waals surface area contributed by atoms with E-state index in [0.717, 1.165) is 5.39 Å². The number of ether oxygens (including phenoxy) is 1. The zero-order valence-corrected chi connectivity index (χ0v) is 19.4. The Morgan fingerprint density at radius 2 is 1.50 bits per heavy atom. The van der Waals surface area contributed by atoms with Crippen molar-refractivity contribution in [1.82, 2.24) is 9.03 Å². The summed E-state index contributed by atoms with van der Waals surface area (Å²) in [6.07, 6.45) is 0.806. The van der Waals surface area contributed by atoms with Gasteiger partial charge in [-0.1, -0.05) is 42.5 Å². The van der Waals surface area contributed by atoms with E-state index < -0.39 is 20.0 Å². The minimum Gasteiger partial charge on any atom is -0.493 e. The third kappa shape index (κ3) is 4.52. The molecule has 1 aliphatic rings. The van der Waals surface area contributed by atoms with E-state index in [0.29, 0.717) is 30.6 Å². The largest absolute Gasteiger partial charge is 0.493 e. The molecule has 0 aliphatic carbocycles. The monoisotopic (exact) mass is 474 g/mol. The molecule has 4 rings (SSSR count). The summed E-state index contributed by atoms with van der Waals surface area (Å²) in [6, 6.07) is 18.4. The third-order valence-electron chi connectivity index (χ3n) is 5.59. The highest BCUT2D eigenvalue weighted by atomic mass is 32.2. The van der Waals surface area contributed by atoms with Crippen molar-refractivity contribution >= 4 is 30.8 Å². The second-order valence-corrected chi connectivity index (χ2v) is 11.3. The normalized spacial score (nSPS) is 16.3. The zero-order chi connectivity index (χ0) is 22.8. The van der Waals surface area contributed by atoms with Gasteiger partial charge in [0.05, 0.1) is 16.4 Å². The summed E-state index contributed by atoms with van der Waals surface area (Å²) in [4.78, 5) is 0.441. The van der Waals surface area contributed by atoms with Gasteiger partial charge in [0.1, 0.15) is 5.75 Å². The van der Waals surface area contributed by atoms with Crippen LogP contribution in [0.1, 0.15) is 19.8 Å². The molecule has 0 atom stereocenters. The predicted octanol–water partition coefficient (Wildman–Crippen LogP) is 3.37. The average molecular weight is 475 g/mol. The molecular weight excluding hydrogens is 448 g/mol. The minimum absolute atomic E-state index is 0.205. The first-order valence-electron chi connectivity index (χ1n) is 10.5. The number of fused-ring (bicyclic) bond motifs is 1. The molecule has 9 heteroatoms. The highest BCUT2D eigenvalue weighted by Crippen LogP contribution is 2.33. The Balaban J connectivity index is 1.52. The third-order valence-corrected chi connectivity index (χ3v) is 9.08. The number of hydrogen-bond donors (Lipinski definition) is 1. The first-order valence-corrected chi connectivity index (χ1v) is 13.5. The van der Waals surface area contributed by atoms with Crippen LogP contribution < -0.4 is 9.46 Å². The number of sulfonamides is 2. The minimum atomic E-state index is -3.74. The molecule has 7 nitrogen and oxygen atoms in total. The number of benzene rings is 3. The van der Waals surface area contributed by atoms with Crippen LogP contribution in [0.4, 0.5) is 0 Å². The van der Waals surface area contributed by atoms with Crippen molar-refractivity contribution < 1.29 is 21.6 Å². The van der Waals surface area contributed by atoms with E-state index in [-0.39, 0.29) is 28.9 Å². The van der Waals surface area contributed by atoms with Gasteiger partial charge < -0.3 is 4.74 Å². The molecule has 3 aromatic rings. The SMILES string of the molecule is CCOc1ccc(S(=O)(=O)N2CCC(NS(=O)(=O)c3ccccc3)CC2)c2ccccc12. The molecule has 32 heavy (non-hydrogen) atoms. The van der Waals surface area contributed by atoms with Gasteiger partial charge in [0.2, 0.25) is 20.0 Å². The molecule has 1 N–H and O–H groups in total. The maximum absolute atomic E-state index is 13.4. The number of hydrogen-bond acceptors (Lipinski definition) is 5. The van der Waals surface area contributed by atoms with Crippen LogP contribution in [0.15, 0.2) is 76.5 Å². The van der Waals surface area contributed by atoms with Gasteiger partial charge in [0.25, 0.3) is 0 Å². The Bertz CT molecular complexity index is 1300. The van der Waals surface area contributed by atoms with Gasteiger partial charge in [-0.15, -0.1) is 0 Å². The maximum Gasteiger partial charge on any atom is 0.243 e. The Morgan fingerprint density at radius 1 is 0.875 bits per heavy atom. The van der Waals surface area contributed by atoms with E-state index in [9.17, 15) is 16.8 Å². The van der Waals surface area contributed by atoms with Gasteiger partial charge in [0, 0.05) is 29.9 Å². The molecule has 1 fully saturated rings. The first-order chi connectivity index (χ1) is 15.3. The Hall–Kier alpha value is -2.46. The van der Waals surface area contributed by atoms with Crippen molar-refractivity contribution in [2.75, 3.05) is 19.7 Å². The van der Waals surface area contributed by atoms with Gasteiger partial charge in [-0.25, -0.2) is 21.6 Å². The van der Waals surface area contributed by atoms with Crippen molar-refractivity contribution in [3.05, 3.63) is 66.7 Å². The standard InChI is InChI=1S/C23H26N2O5S2/c1-2-30-22-12-13-23(21-11-7-6-10-20(21)22)32(28,29)25-16-14-18(15-17-25)24-31(26,27)19-8-4-3-5-9-19/h3-13,18,24H,2,14-17H2,1H3. The van der Waals surface area contributed by atoms with Gasteiger partial charge in [0.15, 0.2) is 0 Å². The van der Waals surface area contributed by atoms with E-state index in [2.05, 4.69) is 4.72 Å². The van der Waals surface area contributed by atoms with Gasteiger partial charge in [-0.2, -0.15) is 4.31 Å². The molecule has 1 aliphatic heterocycles. The molecule has 0 spiro atoms. The second kappa shape index (κ2) is 9.19. The van der Waals surface area contributed by atoms with Crippen molar-refractivity contribution in [2.45, 2.75) is 35.6 Å². The van der Waals surface area contributed by atoms with E-state index in [1.54, 1.807) is 48.5 Å². The van der Waals surface area contributed by atoms with Crippen LogP contribution in [0.2, 0.25) is 0 Å². The van der Waals surface area contributed by atoms with E-state index in [1.807, 2.05) is 25.1 Å². The quantitative estimate of drug-likeness (QED) is 0.567. The molecule has 1 saturated heterocycles. The first kappa shape index (κ1) is 22.7. The Morgan fingerprint density at radius 3 is 2.16 bits per heavy atom. The number of nitrogens with one attached hydrogen (secondary N) is 1. The molecule has 0 aromatic heterocycles. The van der Waals surface area contributed by atoms with Crippen LogP contribution in [0.5, 0.6) is 5.75 Å². The van der Waals surface area contributed by atoms with E-state index >= 15 is 0 Å². The van der Waals surface area contributed by atoms with Crippen LogP contribution in [0.3, 0.4) is 0 Å². The van der Waals surface area contributed by atoms with Crippen LogP contribution in [-0.2, 0) is 20.0 Å². The molecule has 0 bridgehead atoms. The van der Waals surface area contributed by atoms with Crippen molar-refractivity contribution in [1.29, 1.82) is 0 Å². The van der Waals surface area contributed by atoms with Crippen LogP contribution >= 0.6 is 0 Å². The van der Waals surface area contributed by atoms with Gasteiger partial charge in [-0.3, -0.25) is 0 Å². The van der Waals surface area contributed by atoms with Crippen LogP contribution in [-0.4, -0.2) is 46.9 Å². The van der Waals surface area contributed by atoms with Crippen molar-refractivity contribution in [3.8, 4) is 5.75 Å². The highest BCUT2D eigenvalue weighted by molar-refractivity contribution is 7.89. The average Bonchev–Trinajstić information content (AvgIpc) is 2.80. The fraction of sp³-hybridized carbons (Fsp3) is 0.304. The lowest BCUT2D eigenvalue weighted by Gasteiger charge is -2.31. The van der Waals surface area contributed by atoms with Crippen molar-refractivity contribution in [2.24, 2.45) is 0 Å².